The van der Waals surface area contributed by atoms with Gasteiger partial charge >= 0.3 is 0 Å². The summed E-state index contributed by atoms with van der Waals surface area (Å²) in [5.74, 6) is 1.23. The first-order valence-electron chi connectivity index (χ1n) is 7.98. The number of ether oxygens (including phenoxy) is 2. The van der Waals surface area contributed by atoms with Gasteiger partial charge in [-0.05, 0) is 37.6 Å². The molecule has 0 radical (unpaired) electrons. The van der Waals surface area contributed by atoms with Crippen molar-refractivity contribution in [2.24, 2.45) is 0 Å². The number of rotatable bonds is 3. The summed E-state index contributed by atoms with van der Waals surface area (Å²) in [5.41, 5.74) is 3.45. The van der Waals surface area contributed by atoms with Crippen molar-refractivity contribution in [2.75, 3.05) is 12.1 Å². The van der Waals surface area contributed by atoms with Gasteiger partial charge in [-0.25, -0.2) is 0 Å². The molecule has 5 heteroatoms. The topological polar surface area (TPSA) is 52.5 Å². The summed E-state index contributed by atoms with van der Waals surface area (Å²) in [6.45, 7) is 4.99. The van der Waals surface area contributed by atoms with E-state index in [1.165, 1.54) is 0 Å². The van der Waals surface area contributed by atoms with E-state index in [0.717, 1.165) is 23.0 Å². The molecule has 0 unspecified atom stereocenters. The number of para-hydroxylation sites is 1. The average molecular weight is 322 g/mol. The molecule has 122 valence electrons. The first-order valence-corrected chi connectivity index (χ1v) is 7.98. The van der Waals surface area contributed by atoms with Gasteiger partial charge in [0.2, 0.25) is 6.79 Å². The lowest BCUT2D eigenvalue weighted by Crippen LogP contribution is -2.17. The number of hydrogen-bond acceptors (Lipinski definition) is 3. The number of benzene rings is 2. The number of nitrogens with one attached hydrogen (secondary N) is 1. The van der Waals surface area contributed by atoms with Crippen LogP contribution in [-0.2, 0) is 6.54 Å². The van der Waals surface area contributed by atoms with Crippen molar-refractivity contribution < 1.29 is 14.3 Å². The molecular weight excluding hydrogens is 304 g/mol. The van der Waals surface area contributed by atoms with Gasteiger partial charge in [0.1, 0.15) is 5.69 Å². The standard InChI is InChI=1S/C19H18N2O3/c1-3-21-15-7-5-4-6-14(15)12(2)18(21)19(22)20-13-8-9-16-17(10-13)24-11-23-16/h4-10H,3,11H2,1-2H3,(H,20,22). The van der Waals surface area contributed by atoms with Crippen LogP contribution in [0.5, 0.6) is 11.5 Å². The van der Waals surface area contributed by atoms with Crippen LogP contribution in [0, 0.1) is 6.92 Å². The molecule has 1 aromatic heterocycles. The molecule has 0 bridgehead atoms. The second-order valence-electron chi connectivity index (χ2n) is 5.76. The predicted molar refractivity (Wildman–Crippen MR) is 92.9 cm³/mol. The molecule has 2 aromatic carbocycles. The Labute approximate surface area is 139 Å². The van der Waals surface area contributed by atoms with Crippen LogP contribution >= 0.6 is 0 Å². The van der Waals surface area contributed by atoms with Crippen LogP contribution in [0.1, 0.15) is 23.0 Å². The largest absolute Gasteiger partial charge is 0.454 e. The molecule has 1 aliphatic heterocycles. The third-order valence-electron chi connectivity index (χ3n) is 4.39. The van der Waals surface area contributed by atoms with Crippen molar-refractivity contribution in [1.29, 1.82) is 0 Å². The number of amides is 1. The average Bonchev–Trinajstić information content (AvgIpc) is 3.17. The molecule has 0 spiro atoms. The summed E-state index contributed by atoms with van der Waals surface area (Å²) in [6, 6.07) is 13.5. The highest BCUT2D eigenvalue weighted by molar-refractivity contribution is 6.08. The molecule has 0 fully saturated rings. The fraction of sp³-hybridized carbons (Fsp3) is 0.211. The minimum atomic E-state index is -0.121. The molecule has 0 aliphatic carbocycles. The van der Waals surface area contributed by atoms with E-state index >= 15 is 0 Å². The van der Waals surface area contributed by atoms with Crippen LogP contribution in [-0.4, -0.2) is 17.3 Å². The van der Waals surface area contributed by atoms with Crippen LogP contribution in [0.2, 0.25) is 0 Å². The number of aromatic nitrogens is 1. The number of nitrogens with zero attached hydrogens (tertiary/aromatic N) is 1. The predicted octanol–water partition coefficient (Wildman–Crippen LogP) is 3.95. The van der Waals surface area contributed by atoms with Gasteiger partial charge in [0.25, 0.3) is 5.91 Å². The molecule has 24 heavy (non-hydrogen) atoms. The van der Waals surface area contributed by atoms with E-state index in [1.807, 2.05) is 48.7 Å². The SMILES string of the molecule is CCn1c(C(=O)Nc2ccc3c(c2)OCO3)c(C)c2ccccc21. The number of anilines is 1. The second-order valence-corrected chi connectivity index (χ2v) is 5.76. The summed E-state index contributed by atoms with van der Waals surface area (Å²) < 4.78 is 12.7. The number of hydrogen-bond donors (Lipinski definition) is 1. The van der Waals surface area contributed by atoms with E-state index in [4.69, 9.17) is 9.47 Å². The Bertz CT molecular complexity index is 943. The summed E-state index contributed by atoms with van der Waals surface area (Å²) >= 11 is 0. The first kappa shape index (κ1) is 14.6. The minimum absolute atomic E-state index is 0.121. The van der Waals surface area contributed by atoms with E-state index < -0.39 is 0 Å². The van der Waals surface area contributed by atoms with Crippen LogP contribution in [0.3, 0.4) is 0 Å². The Morgan fingerprint density at radius 2 is 1.96 bits per heavy atom. The van der Waals surface area contributed by atoms with Gasteiger partial charge in [-0.1, -0.05) is 18.2 Å². The lowest BCUT2D eigenvalue weighted by atomic mass is 10.1. The van der Waals surface area contributed by atoms with E-state index in [0.29, 0.717) is 22.9 Å². The Hall–Kier alpha value is -2.95. The molecule has 1 N–H and O–H groups in total. The first-order chi connectivity index (χ1) is 11.7. The number of aryl methyl sites for hydroxylation is 2. The second kappa shape index (κ2) is 5.60. The quantitative estimate of drug-likeness (QED) is 0.794. The number of carbonyl (C=O) groups is 1. The maximum Gasteiger partial charge on any atom is 0.272 e. The monoisotopic (exact) mass is 322 g/mol. The van der Waals surface area contributed by atoms with E-state index in [-0.39, 0.29) is 12.7 Å². The third kappa shape index (κ3) is 2.21. The Morgan fingerprint density at radius 3 is 2.79 bits per heavy atom. The lowest BCUT2D eigenvalue weighted by Gasteiger charge is -2.10. The van der Waals surface area contributed by atoms with Gasteiger partial charge in [-0.3, -0.25) is 4.79 Å². The molecule has 0 saturated carbocycles. The Kier molecular flexibility index (Phi) is 3.41. The number of carbonyl (C=O) groups excluding carboxylic acids is 1. The van der Waals surface area contributed by atoms with E-state index in [1.54, 1.807) is 12.1 Å². The zero-order chi connectivity index (χ0) is 16.7. The molecule has 4 rings (SSSR count). The van der Waals surface area contributed by atoms with Gasteiger partial charge < -0.3 is 19.4 Å². The molecule has 1 amide bonds. The van der Waals surface area contributed by atoms with Crippen molar-refractivity contribution in [3.8, 4) is 11.5 Å². The zero-order valence-electron chi connectivity index (χ0n) is 13.6. The van der Waals surface area contributed by atoms with Crippen molar-refractivity contribution in [1.82, 2.24) is 4.57 Å². The molecule has 1 aliphatic rings. The van der Waals surface area contributed by atoms with Crippen LogP contribution < -0.4 is 14.8 Å². The van der Waals surface area contributed by atoms with E-state index in [9.17, 15) is 4.79 Å². The van der Waals surface area contributed by atoms with Crippen molar-refractivity contribution >= 4 is 22.5 Å². The van der Waals surface area contributed by atoms with Crippen molar-refractivity contribution in [3.05, 3.63) is 53.7 Å². The normalized spacial score (nSPS) is 12.6. The maximum atomic E-state index is 12.9. The van der Waals surface area contributed by atoms with Gasteiger partial charge in [-0.15, -0.1) is 0 Å². The summed E-state index contributed by atoms with van der Waals surface area (Å²) in [6.07, 6.45) is 0. The van der Waals surface area contributed by atoms with Crippen molar-refractivity contribution in [3.63, 3.8) is 0 Å². The van der Waals surface area contributed by atoms with Crippen LogP contribution in [0.4, 0.5) is 5.69 Å². The maximum absolute atomic E-state index is 12.9. The zero-order valence-corrected chi connectivity index (χ0v) is 13.6. The van der Waals surface area contributed by atoms with Gasteiger partial charge in [0, 0.05) is 29.2 Å². The van der Waals surface area contributed by atoms with E-state index in [2.05, 4.69) is 5.32 Å². The summed E-state index contributed by atoms with van der Waals surface area (Å²) in [7, 11) is 0. The van der Waals surface area contributed by atoms with Gasteiger partial charge in [0.05, 0.1) is 0 Å². The highest BCUT2D eigenvalue weighted by Gasteiger charge is 2.20. The van der Waals surface area contributed by atoms with Crippen LogP contribution in [0.15, 0.2) is 42.5 Å². The Morgan fingerprint density at radius 1 is 1.17 bits per heavy atom. The molecule has 0 atom stereocenters. The molecular formula is C19H18N2O3. The Balaban J connectivity index is 1.72. The third-order valence-corrected chi connectivity index (χ3v) is 4.39. The highest BCUT2D eigenvalue weighted by atomic mass is 16.7. The minimum Gasteiger partial charge on any atom is -0.454 e. The van der Waals surface area contributed by atoms with Gasteiger partial charge in [-0.2, -0.15) is 0 Å². The molecule has 0 saturated heterocycles. The molecule has 3 aromatic rings. The van der Waals surface area contributed by atoms with Gasteiger partial charge in [0.15, 0.2) is 11.5 Å². The molecule has 5 nitrogen and oxygen atoms in total. The fourth-order valence-electron chi connectivity index (χ4n) is 3.26. The van der Waals surface area contributed by atoms with Crippen LogP contribution in [0.25, 0.3) is 10.9 Å². The number of fused-ring (bicyclic) bond motifs is 2. The fourth-order valence-corrected chi connectivity index (χ4v) is 3.26. The summed E-state index contributed by atoms with van der Waals surface area (Å²) in [4.78, 5) is 12.9. The smallest absolute Gasteiger partial charge is 0.272 e. The lowest BCUT2D eigenvalue weighted by molar-refractivity contribution is 0.101. The highest BCUT2D eigenvalue weighted by Crippen LogP contribution is 2.34. The summed E-state index contributed by atoms with van der Waals surface area (Å²) in [5, 5.41) is 4.08. The molecule has 2 heterocycles. The van der Waals surface area contributed by atoms with Crippen molar-refractivity contribution in [2.45, 2.75) is 20.4 Å².